The third kappa shape index (κ3) is 6.07. The molecule has 0 atom stereocenters. The van der Waals surface area contributed by atoms with E-state index in [9.17, 15) is 0 Å². The van der Waals surface area contributed by atoms with Gasteiger partial charge in [0, 0.05) is 0 Å². The van der Waals surface area contributed by atoms with Crippen molar-refractivity contribution in [2.45, 2.75) is 38.8 Å². The van der Waals surface area contributed by atoms with Gasteiger partial charge < -0.3 is 24.8 Å². The van der Waals surface area contributed by atoms with Crippen molar-refractivity contribution >= 4 is 5.92 Å². The molecule has 0 radical (unpaired) electrons. The minimum absolute atomic E-state index is 0. The summed E-state index contributed by atoms with van der Waals surface area (Å²) in [5.74, 6) is -0.684. The number of rotatable bonds is 7. The summed E-state index contributed by atoms with van der Waals surface area (Å²) in [6, 6.07) is 22.1. The van der Waals surface area contributed by atoms with Gasteiger partial charge in [-0.15, -0.1) is 0 Å². The Morgan fingerprint density at radius 1 is 0.667 bits per heavy atom. The largest absolute Gasteiger partial charge is 1.00 e. The summed E-state index contributed by atoms with van der Waals surface area (Å²) in [7, 11) is 0. The van der Waals surface area contributed by atoms with E-state index >= 15 is 0 Å². The number of allylic oxidation sites excluding steroid dienone is 8. The summed E-state index contributed by atoms with van der Waals surface area (Å²) in [4.78, 5) is 0. The van der Waals surface area contributed by atoms with Crippen LogP contribution in [-0.2, 0) is 33.8 Å². The fourth-order valence-electron chi connectivity index (χ4n) is 4.51. The summed E-state index contributed by atoms with van der Waals surface area (Å²) < 4.78 is 3.80. The van der Waals surface area contributed by atoms with E-state index in [4.69, 9.17) is 0 Å². The van der Waals surface area contributed by atoms with Crippen LogP contribution < -0.4 is 24.8 Å². The molecule has 0 saturated heterocycles. The van der Waals surface area contributed by atoms with E-state index in [0.717, 1.165) is 12.8 Å². The molecule has 0 aliphatic heterocycles. The van der Waals surface area contributed by atoms with Crippen LogP contribution in [0.5, 0.6) is 0 Å². The molecule has 0 fully saturated rings. The molecule has 4 heteroatoms. The van der Waals surface area contributed by atoms with Crippen molar-refractivity contribution in [3.05, 3.63) is 114 Å². The number of halogens is 2. The predicted molar refractivity (Wildman–Crippen MR) is 121 cm³/mol. The minimum atomic E-state index is -1.75. The maximum absolute atomic E-state index is 2.62. The van der Waals surface area contributed by atoms with E-state index in [2.05, 4.69) is 98.1 Å². The monoisotopic (exact) mass is 529 g/mol. The minimum Gasteiger partial charge on any atom is -1.00 e. The zero-order valence-electron chi connectivity index (χ0n) is 17.7. The quantitative estimate of drug-likeness (QED) is 0.457. The van der Waals surface area contributed by atoms with Gasteiger partial charge in [0.15, 0.2) is 0 Å². The third-order valence-corrected chi connectivity index (χ3v) is 25.3. The van der Waals surface area contributed by atoms with Crippen LogP contribution in [0.1, 0.15) is 24.0 Å². The molecule has 0 aromatic heterocycles. The summed E-state index contributed by atoms with van der Waals surface area (Å²) >= 11 is -1.75. The topological polar surface area (TPSA) is 0 Å². The van der Waals surface area contributed by atoms with Crippen LogP contribution in [-0.4, -0.2) is 5.92 Å². The van der Waals surface area contributed by atoms with E-state index in [1.54, 1.807) is 11.1 Å². The normalized spacial score (nSPS) is 14.9. The van der Waals surface area contributed by atoms with Gasteiger partial charge in [0.1, 0.15) is 0 Å². The molecule has 0 saturated carbocycles. The Morgan fingerprint density at radius 3 is 1.43 bits per heavy atom. The van der Waals surface area contributed by atoms with Crippen molar-refractivity contribution in [1.29, 1.82) is 0 Å². The Hall–Kier alpha value is -0.920. The van der Waals surface area contributed by atoms with Gasteiger partial charge in [0.25, 0.3) is 0 Å². The SMILES string of the molecule is C[SiH](C)[Zr+2]([C]1=C(Cc2ccccc2)C=CC1)[C]1=C(Cc2ccccc2)C=CC1.[Cl-].[Cl-]. The first-order chi connectivity index (χ1) is 13.7. The molecule has 2 aliphatic rings. The van der Waals surface area contributed by atoms with Crippen molar-refractivity contribution in [3.8, 4) is 0 Å². The second kappa shape index (κ2) is 12.2. The molecule has 0 amide bonds. The van der Waals surface area contributed by atoms with Gasteiger partial charge in [-0.25, -0.2) is 0 Å². The van der Waals surface area contributed by atoms with Gasteiger partial charge in [-0.3, -0.25) is 0 Å². The zero-order valence-corrected chi connectivity index (χ0v) is 22.9. The van der Waals surface area contributed by atoms with Crippen LogP contribution in [0.3, 0.4) is 0 Å². The summed E-state index contributed by atoms with van der Waals surface area (Å²) in [6.07, 6.45) is 14.4. The maximum Gasteiger partial charge on any atom is -1.00 e. The molecule has 30 heavy (non-hydrogen) atoms. The molecule has 0 nitrogen and oxygen atoms in total. The second-order valence-electron chi connectivity index (χ2n) is 8.11. The fourth-order valence-corrected chi connectivity index (χ4v) is 24.9. The van der Waals surface area contributed by atoms with Gasteiger partial charge in [-0.2, -0.15) is 0 Å². The smallest absolute Gasteiger partial charge is 1.00 e. The van der Waals surface area contributed by atoms with Crippen molar-refractivity contribution in [2.75, 3.05) is 0 Å². The Balaban J connectivity index is 0.00000160. The van der Waals surface area contributed by atoms with Gasteiger partial charge in [0.2, 0.25) is 0 Å². The molecule has 0 bridgehead atoms. The number of benzene rings is 2. The molecule has 0 heterocycles. The van der Waals surface area contributed by atoms with Crippen LogP contribution >= 0.6 is 0 Å². The van der Waals surface area contributed by atoms with Crippen LogP contribution in [0, 0.1) is 0 Å². The Labute approximate surface area is 202 Å². The zero-order chi connectivity index (χ0) is 19.3. The average Bonchev–Trinajstić information content (AvgIpc) is 3.34. The van der Waals surface area contributed by atoms with Gasteiger partial charge in [-0.05, 0) is 0 Å². The molecule has 155 valence electrons. The van der Waals surface area contributed by atoms with Crippen molar-refractivity contribution < 1.29 is 45.7 Å². The Kier molecular flexibility index (Phi) is 10.3. The molecule has 0 unspecified atom stereocenters. The van der Waals surface area contributed by atoms with Gasteiger partial charge in [-0.1, -0.05) is 0 Å². The first kappa shape index (κ1) is 25.3. The first-order valence-electron chi connectivity index (χ1n) is 10.4. The standard InChI is InChI=1S/2C12H11.C2H7Si.2ClH.Zr/c2*1-2-6-11(7-3-1)10-12-8-4-5-9-12;1-3-2;;;/h2*1-4,6-8H,5,10H2;3H,1-2H3;2*1H;/q;;;;;+2/p-2. The first-order valence-corrected chi connectivity index (χ1v) is 20.0. The summed E-state index contributed by atoms with van der Waals surface area (Å²) in [5.41, 5.74) is 6.22. The average molecular weight is 532 g/mol. The molecular weight excluding hydrogens is 503 g/mol. The molecule has 0 spiro atoms. The van der Waals surface area contributed by atoms with Gasteiger partial charge in [0.05, 0.1) is 0 Å². The fraction of sp³-hybridized carbons (Fsp3) is 0.231. The predicted octanol–water partition coefficient (Wildman–Crippen LogP) is 0.509. The maximum atomic E-state index is 2.62. The van der Waals surface area contributed by atoms with Gasteiger partial charge >= 0.3 is 179 Å². The molecule has 2 aromatic rings. The van der Waals surface area contributed by atoms with E-state index in [1.807, 2.05) is 6.56 Å². The van der Waals surface area contributed by atoms with E-state index in [0.29, 0.717) is 0 Å². The molecule has 2 aromatic carbocycles. The van der Waals surface area contributed by atoms with Crippen molar-refractivity contribution in [1.82, 2.24) is 0 Å². The summed E-state index contributed by atoms with van der Waals surface area (Å²) in [5, 5.41) is 0. The number of hydrogen-bond acceptors (Lipinski definition) is 0. The van der Waals surface area contributed by atoms with Crippen molar-refractivity contribution in [3.63, 3.8) is 0 Å². The van der Waals surface area contributed by atoms with E-state index < -0.39 is 26.8 Å². The van der Waals surface area contributed by atoms with Crippen molar-refractivity contribution in [2.24, 2.45) is 0 Å². The summed E-state index contributed by atoms with van der Waals surface area (Å²) in [6.45, 7) is 5.23. The number of hydrogen-bond donors (Lipinski definition) is 0. The van der Waals surface area contributed by atoms with Crippen LogP contribution in [0.2, 0.25) is 13.1 Å². The van der Waals surface area contributed by atoms with E-state index in [1.165, 1.54) is 24.0 Å². The molecule has 0 N–H and O–H groups in total. The van der Waals surface area contributed by atoms with Crippen LogP contribution in [0.25, 0.3) is 0 Å². The molecular formula is C26H29Cl2SiZr. The second-order valence-corrected chi connectivity index (χ2v) is 27.4. The third-order valence-electron chi connectivity index (χ3n) is 5.76. The van der Waals surface area contributed by atoms with Crippen LogP contribution in [0.15, 0.2) is 103 Å². The van der Waals surface area contributed by atoms with Crippen LogP contribution in [0.4, 0.5) is 0 Å². The Bertz CT molecular complexity index is 868. The Morgan fingerprint density at radius 2 is 1.07 bits per heavy atom. The van der Waals surface area contributed by atoms with E-state index in [-0.39, 0.29) is 24.8 Å². The molecule has 2 aliphatic carbocycles. The molecule has 4 rings (SSSR count).